The van der Waals surface area contributed by atoms with Crippen LogP contribution in [-0.4, -0.2) is 31.8 Å². The van der Waals surface area contributed by atoms with Crippen LogP contribution in [0.5, 0.6) is 0 Å². The number of amides is 1. The number of rotatable bonds is 27. The molecular weight excluding hydrogens is 592 g/mol. The Balaban J connectivity index is 0.0000168. The van der Waals surface area contributed by atoms with E-state index in [0.29, 0.717) is 13.0 Å². The number of pyridine rings is 1. The highest BCUT2D eigenvalue weighted by molar-refractivity contribution is 5.69. The van der Waals surface area contributed by atoms with Gasteiger partial charge in [-0.05, 0) is 26.2 Å². The molecule has 1 aromatic rings. The second-order valence-corrected chi connectivity index (χ2v) is 11.3. The summed E-state index contributed by atoms with van der Waals surface area (Å²) in [6.07, 6.45) is 30.1. The predicted octanol–water partition coefficient (Wildman–Crippen LogP) is 6.02. The minimum absolute atomic E-state index is 0. The lowest BCUT2D eigenvalue weighted by Crippen LogP contribution is -3.00. The molecule has 0 unspecified atom stereocenters. The van der Waals surface area contributed by atoms with Crippen molar-refractivity contribution in [1.82, 2.24) is 5.32 Å². The first-order chi connectivity index (χ1) is 20.2. The van der Waals surface area contributed by atoms with Crippen molar-refractivity contribution in [2.75, 3.05) is 19.8 Å². The maximum Gasteiger partial charge on any atom is 0.407 e. The normalized spacial score (nSPS) is 11.1. The van der Waals surface area contributed by atoms with Crippen LogP contribution < -0.4 is 26.9 Å². The van der Waals surface area contributed by atoms with Crippen molar-refractivity contribution in [3.8, 4) is 0 Å². The van der Waals surface area contributed by atoms with E-state index >= 15 is 0 Å². The Labute approximate surface area is 268 Å². The van der Waals surface area contributed by atoms with Crippen molar-refractivity contribution in [3.05, 3.63) is 42.2 Å². The van der Waals surface area contributed by atoms with Crippen LogP contribution >= 0.6 is 0 Å². The molecular formula is C35H61BrN2O4. The number of carbonyl (C=O) groups excluding carboxylic acids is 2. The number of unbranched alkanes of at least 4 members (excludes halogenated alkanes) is 17. The summed E-state index contributed by atoms with van der Waals surface area (Å²) < 4.78 is 12.8. The molecule has 242 valence electrons. The average Bonchev–Trinajstić information content (AvgIpc) is 2.99. The van der Waals surface area contributed by atoms with E-state index in [-0.39, 0.29) is 36.2 Å². The molecule has 1 N–H and O–H groups in total. The van der Waals surface area contributed by atoms with E-state index in [2.05, 4.69) is 29.2 Å². The summed E-state index contributed by atoms with van der Waals surface area (Å²) in [6.45, 7) is 6.05. The molecule has 1 aromatic heterocycles. The van der Waals surface area contributed by atoms with Gasteiger partial charge in [-0.1, -0.05) is 115 Å². The number of esters is 1. The van der Waals surface area contributed by atoms with Crippen LogP contribution in [0, 0.1) is 0 Å². The SMILES string of the molecule is CC=C(COC(=O)CCCCC[n+]1ccccc1)COC(=O)NCCCCCCCCCCCCCCCCCC.[Br-]. The van der Waals surface area contributed by atoms with Crippen LogP contribution in [0.2, 0.25) is 0 Å². The van der Waals surface area contributed by atoms with E-state index in [1.54, 1.807) is 0 Å². The maximum atomic E-state index is 12.0. The molecule has 1 rings (SSSR count). The number of carbonyl (C=O) groups is 2. The van der Waals surface area contributed by atoms with Crippen molar-refractivity contribution >= 4 is 12.1 Å². The topological polar surface area (TPSA) is 68.5 Å². The Morgan fingerprint density at radius 3 is 1.71 bits per heavy atom. The maximum absolute atomic E-state index is 12.0. The minimum Gasteiger partial charge on any atom is -1.00 e. The molecule has 1 heterocycles. The number of ether oxygens (including phenoxy) is 2. The van der Waals surface area contributed by atoms with Gasteiger partial charge in [-0.3, -0.25) is 4.79 Å². The third-order valence-corrected chi connectivity index (χ3v) is 7.59. The van der Waals surface area contributed by atoms with Crippen molar-refractivity contribution in [1.29, 1.82) is 0 Å². The molecule has 1 amide bonds. The van der Waals surface area contributed by atoms with Crippen LogP contribution in [0.3, 0.4) is 0 Å². The summed E-state index contributed by atoms with van der Waals surface area (Å²) in [5.41, 5.74) is 0.788. The lowest BCUT2D eigenvalue weighted by atomic mass is 10.0. The van der Waals surface area contributed by atoms with Gasteiger partial charge in [-0.15, -0.1) is 0 Å². The van der Waals surface area contributed by atoms with Crippen molar-refractivity contribution in [3.63, 3.8) is 0 Å². The molecule has 0 aromatic carbocycles. The van der Waals surface area contributed by atoms with Gasteiger partial charge >= 0.3 is 12.1 Å². The summed E-state index contributed by atoms with van der Waals surface area (Å²) in [6, 6.07) is 6.04. The van der Waals surface area contributed by atoms with Gasteiger partial charge in [0, 0.05) is 37.1 Å². The molecule has 6 nitrogen and oxygen atoms in total. The molecule has 0 saturated carbocycles. The van der Waals surface area contributed by atoms with Gasteiger partial charge in [0.2, 0.25) is 0 Å². The molecule has 0 fully saturated rings. The number of alkyl carbamates (subject to hydrolysis) is 1. The third kappa shape index (κ3) is 25.8. The summed E-state index contributed by atoms with van der Waals surface area (Å²) in [5.74, 6) is -0.204. The van der Waals surface area contributed by atoms with Gasteiger partial charge in [0.15, 0.2) is 12.4 Å². The Morgan fingerprint density at radius 2 is 1.17 bits per heavy atom. The van der Waals surface area contributed by atoms with Gasteiger partial charge in [-0.2, -0.15) is 0 Å². The van der Waals surface area contributed by atoms with Gasteiger partial charge in [0.1, 0.15) is 19.8 Å². The van der Waals surface area contributed by atoms with Crippen molar-refractivity contribution in [2.45, 2.75) is 149 Å². The van der Waals surface area contributed by atoms with E-state index < -0.39 is 6.09 Å². The molecule has 0 radical (unpaired) electrons. The Morgan fingerprint density at radius 1 is 0.667 bits per heavy atom. The molecule has 0 atom stereocenters. The zero-order valence-electron chi connectivity index (χ0n) is 26.9. The molecule has 0 aliphatic heterocycles. The quantitative estimate of drug-likeness (QED) is 0.0547. The first kappa shape index (κ1) is 40.1. The lowest BCUT2D eigenvalue weighted by Gasteiger charge is -2.10. The fourth-order valence-electron chi connectivity index (χ4n) is 4.85. The van der Waals surface area contributed by atoms with E-state index in [1.807, 2.05) is 31.2 Å². The third-order valence-electron chi connectivity index (χ3n) is 7.59. The second kappa shape index (κ2) is 30.6. The fourth-order valence-corrected chi connectivity index (χ4v) is 4.85. The highest BCUT2D eigenvalue weighted by Gasteiger charge is 2.08. The van der Waals surface area contributed by atoms with E-state index in [0.717, 1.165) is 44.2 Å². The molecule has 0 bridgehead atoms. The van der Waals surface area contributed by atoms with Crippen LogP contribution in [0.25, 0.3) is 0 Å². The summed E-state index contributed by atoms with van der Waals surface area (Å²) in [5, 5.41) is 2.83. The number of aryl methyl sites for hydroxylation is 1. The molecule has 0 spiro atoms. The number of hydrogen-bond donors (Lipinski definition) is 1. The molecule has 0 aliphatic carbocycles. The molecule has 0 saturated heterocycles. The number of nitrogens with one attached hydrogen (secondary N) is 1. The van der Waals surface area contributed by atoms with Crippen molar-refractivity contribution < 1.29 is 40.6 Å². The van der Waals surface area contributed by atoms with Crippen LogP contribution in [0.15, 0.2) is 42.2 Å². The van der Waals surface area contributed by atoms with Gasteiger partial charge in [0.05, 0.1) is 0 Å². The average molecular weight is 654 g/mol. The first-order valence-corrected chi connectivity index (χ1v) is 16.8. The zero-order chi connectivity index (χ0) is 29.6. The number of aromatic nitrogens is 1. The lowest BCUT2D eigenvalue weighted by molar-refractivity contribution is -0.697. The Hall–Kier alpha value is -1.89. The summed E-state index contributed by atoms with van der Waals surface area (Å²) in [4.78, 5) is 24.0. The largest absolute Gasteiger partial charge is 1.00 e. The van der Waals surface area contributed by atoms with Crippen LogP contribution in [0.1, 0.15) is 142 Å². The van der Waals surface area contributed by atoms with Gasteiger partial charge < -0.3 is 31.8 Å². The smallest absolute Gasteiger partial charge is 0.407 e. The first-order valence-electron chi connectivity index (χ1n) is 16.8. The van der Waals surface area contributed by atoms with E-state index in [4.69, 9.17) is 9.47 Å². The van der Waals surface area contributed by atoms with Crippen LogP contribution in [-0.2, 0) is 20.8 Å². The number of halogens is 1. The number of allylic oxidation sites excluding steroid dienone is 1. The van der Waals surface area contributed by atoms with Gasteiger partial charge in [0.25, 0.3) is 0 Å². The predicted molar refractivity (Wildman–Crippen MR) is 169 cm³/mol. The second-order valence-electron chi connectivity index (χ2n) is 11.3. The summed E-state index contributed by atoms with van der Waals surface area (Å²) in [7, 11) is 0. The fraction of sp³-hybridized carbons (Fsp3) is 0.743. The highest BCUT2D eigenvalue weighted by atomic mass is 79.9. The van der Waals surface area contributed by atoms with E-state index in [9.17, 15) is 9.59 Å². The minimum atomic E-state index is -0.409. The Bertz CT molecular complexity index is 788. The van der Waals surface area contributed by atoms with Gasteiger partial charge in [-0.25, -0.2) is 9.36 Å². The van der Waals surface area contributed by atoms with Crippen molar-refractivity contribution in [2.24, 2.45) is 0 Å². The number of hydrogen-bond acceptors (Lipinski definition) is 4. The standard InChI is InChI=1S/C35H60N2O4.BrH/c1-3-5-6-7-8-9-10-11-12-13-14-15-16-17-18-22-27-36-35(39)41-32-33(4-2)31-40-34(38)26-21-19-23-28-37-29-24-20-25-30-37;/h4,20,24-25,29-30H,3,5-19,21-23,26-28,31-32H2,1-2H3;1H. The monoisotopic (exact) mass is 652 g/mol. The zero-order valence-corrected chi connectivity index (χ0v) is 28.5. The number of nitrogens with zero attached hydrogens (tertiary/aromatic N) is 1. The molecule has 42 heavy (non-hydrogen) atoms. The summed E-state index contributed by atoms with van der Waals surface area (Å²) >= 11 is 0. The van der Waals surface area contributed by atoms with Crippen LogP contribution in [0.4, 0.5) is 4.79 Å². The molecule has 0 aliphatic rings. The Kier molecular flexibility index (Phi) is 29.2. The van der Waals surface area contributed by atoms with E-state index in [1.165, 1.54) is 89.9 Å². The molecule has 7 heteroatoms. The highest BCUT2D eigenvalue weighted by Crippen LogP contribution is 2.13.